The van der Waals surface area contributed by atoms with E-state index in [0.29, 0.717) is 22.8 Å². The molecule has 1 N–H and O–H groups in total. The molecule has 5 nitrogen and oxygen atoms in total. The number of rotatable bonds is 5. The number of hydrogen-bond donors (Lipinski definition) is 1. The second kappa shape index (κ2) is 6.89. The zero-order valence-corrected chi connectivity index (χ0v) is 14.0. The number of halogens is 1. The molecule has 1 aromatic carbocycles. The van der Waals surface area contributed by atoms with E-state index in [1.54, 1.807) is 19.2 Å². The summed E-state index contributed by atoms with van der Waals surface area (Å²) in [4.78, 5) is 12.3. The normalized spacial score (nSPS) is 12.5. The van der Waals surface area contributed by atoms with Crippen molar-refractivity contribution in [3.05, 3.63) is 17.7 Å². The first-order valence-electron chi connectivity index (χ1n) is 6.49. The predicted octanol–water partition coefficient (Wildman–Crippen LogP) is 2.91. The van der Waals surface area contributed by atoms with Gasteiger partial charge in [-0.15, -0.1) is 11.6 Å². The monoisotopic (exact) mass is 315 g/mol. The first-order chi connectivity index (χ1) is 9.73. The van der Waals surface area contributed by atoms with Crippen molar-refractivity contribution in [1.82, 2.24) is 5.32 Å². The minimum Gasteiger partial charge on any atom is -0.496 e. The van der Waals surface area contributed by atoms with Gasteiger partial charge in [-0.05, 0) is 20.8 Å². The number of hydrogen-bond acceptors (Lipinski definition) is 4. The highest BCUT2D eigenvalue weighted by atomic mass is 35.5. The molecule has 21 heavy (non-hydrogen) atoms. The predicted molar refractivity (Wildman–Crippen MR) is 82.6 cm³/mol. The van der Waals surface area contributed by atoms with Crippen LogP contribution in [-0.2, 0) is 4.79 Å². The Morgan fingerprint density at radius 2 is 1.57 bits per heavy atom. The molecular formula is C15H22ClNO4. The lowest BCUT2D eigenvalue weighted by Crippen LogP contribution is -2.42. The quantitative estimate of drug-likeness (QED) is 0.849. The fraction of sp³-hybridized carbons (Fsp3) is 0.533. The van der Waals surface area contributed by atoms with Gasteiger partial charge < -0.3 is 19.5 Å². The molecule has 0 aliphatic heterocycles. The number of alkyl halides is 1. The third kappa shape index (κ3) is 4.43. The van der Waals surface area contributed by atoms with Crippen LogP contribution in [0.25, 0.3) is 0 Å². The van der Waals surface area contributed by atoms with Gasteiger partial charge in [-0.2, -0.15) is 0 Å². The van der Waals surface area contributed by atoms with Crippen molar-refractivity contribution < 1.29 is 19.0 Å². The molecule has 0 heterocycles. The van der Waals surface area contributed by atoms with Crippen LogP contribution in [0.5, 0.6) is 17.2 Å². The highest BCUT2D eigenvalue weighted by Gasteiger charge is 2.28. The zero-order chi connectivity index (χ0) is 16.2. The number of amides is 1. The van der Waals surface area contributed by atoms with Crippen LogP contribution in [0.2, 0.25) is 0 Å². The molecule has 6 heteroatoms. The van der Waals surface area contributed by atoms with E-state index in [-0.39, 0.29) is 11.4 Å². The van der Waals surface area contributed by atoms with Crippen molar-refractivity contribution >= 4 is 17.5 Å². The van der Waals surface area contributed by atoms with Crippen LogP contribution in [0.1, 0.15) is 31.7 Å². The smallest absolute Gasteiger partial charge is 0.243 e. The molecule has 1 aromatic rings. The summed E-state index contributed by atoms with van der Waals surface area (Å²) < 4.78 is 15.8. The van der Waals surface area contributed by atoms with Gasteiger partial charge in [0.05, 0.1) is 26.9 Å². The Hall–Kier alpha value is -1.62. The van der Waals surface area contributed by atoms with Crippen LogP contribution in [-0.4, -0.2) is 32.8 Å². The van der Waals surface area contributed by atoms with Gasteiger partial charge in [0.25, 0.3) is 0 Å². The van der Waals surface area contributed by atoms with Gasteiger partial charge in [0.2, 0.25) is 5.91 Å². The van der Waals surface area contributed by atoms with Crippen molar-refractivity contribution in [2.75, 3.05) is 21.3 Å². The van der Waals surface area contributed by atoms with Gasteiger partial charge in [-0.1, -0.05) is 0 Å². The molecule has 0 spiro atoms. The number of ether oxygens (including phenoxy) is 3. The molecule has 0 aliphatic rings. The van der Waals surface area contributed by atoms with Crippen LogP contribution in [0.4, 0.5) is 0 Å². The van der Waals surface area contributed by atoms with Crippen LogP contribution >= 0.6 is 11.6 Å². The Kier molecular flexibility index (Phi) is 5.72. The summed E-state index contributed by atoms with van der Waals surface area (Å²) >= 11 is 6.31. The number of methoxy groups -OCH3 is 3. The SMILES string of the molecule is COc1cc(OC)c(C(Cl)C(=O)NC(C)(C)C)c(OC)c1. The van der Waals surface area contributed by atoms with Crippen molar-refractivity contribution in [1.29, 1.82) is 0 Å². The Morgan fingerprint density at radius 1 is 1.10 bits per heavy atom. The molecular weight excluding hydrogens is 294 g/mol. The molecule has 1 rings (SSSR count). The third-order valence-corrected chi connectivity index (χ3v) is 3.15. The summed E-state index contributed by atoms with van der Waals surface area (Å²) in [6.07, 6.45) is 0. The maximum atomic E-state index is 12.3. The van der Waals surface area contributed by atoms with Gasteiger partial charge >= 0.3 is 0 Å². The van der Waals surface area contributed by atoms with E-state index >= 15 is 0 Å². The largest absolute Gasteiger partial charge is 0.496 e. The molecule has 1 unspecified atom stereocenters. The van der Waals surface area contributed by atoms with Gasteiger partial charge in [0.1, 0.15) is 22.6 Å². The Balaban J connectivity index is 3.24. The van der Waals surface area contributed by atoms with E-state index in [1.165, 1.54) is 14.2 Å². The van der Waals surface area contributed by atoms with Gasteiger partial charge in [0, 0.05) is 17.7 Å². The van der Waals surface area contributed by atoms with E-state index in [9.17, 15) is 4.79 Å². The average Bonchev–Trinajstić information content (AvgIpc) is 2.42. The molecule has 0 aromatic heterocycles. The molecule has 118 valence electrons. The summed E-state index contributed by atoms with van der Waals surface area (Å²) in [7, 11) is 4.55. The maximum Gasteiger partial charge on any atom is 0.243 e. The summed E-state index contributed by atoms with van der Waals surface area (Å²) in [6.45, 7) is 5.66. The second-order valence-electron chi connectivity index (χ2n) is 5.55. The summed E-state index contributed by atoms with van der Waals surface area (Å²) in [5, 5.41) is 1.90. The Morgan fingerprint density at radius 3 is 1.90 bits per heavy atom. The first kappa shape index (κ1) is 17.4. The molecule has 0 saturated carbocycles. The van der Waals surface area contributed by atoms with E-state index < -0.39 is 5.38 Å². The minimum atomic E-state index is -0.931. The van der Waals surface area contributed by atoms with Crippen LogP contribution < -0.4 is 19.5 Å². The number of carbonyl (C=O) groups is 1. The molecule has 0 radical (unpaired) electrons. The second-order valence-corrected chi connectivity index (χ2v) is 5.98. The standard InChI is InChI=1S/C15H22ClNO4/c1-15(2,3)17-14(18)13(16)12-10(20-5)7-9(19-4)8-11(12)21-6/h7-8,13H,1-6H3,(H,17,18). The van der Waals surface area contributed by atoms with Gasteiger partial charge in [-0.25, -0.2) is 0 Å². The fourth-order valence-electron chi connectivity index (χ4n) is 1.85. The van der Waals surface area contributed by atoms with E-state index in [1.807, 2.05) is 20.8 Å². The number of nitrogens with one attached hydrogen (secondary N) is 1. The van der Waals surface area contributed by atoms with Gasteiger partial charge in [0.15, 0.2) is 0 Å². The Bertz CT molecular complexity index is 486. The Labute approximate surface area is 130 Å². The van der Waals surface area contributed by atoms with E-state index in [4.69, 9.17) is 25.8 Å². The topological polar surface area (TPSA) is 56.8 Å². The van der Waals surface area contributed by atoms with Crippen LogP contribution in [0.3, 0.4) is 0 Å². The van der Waals surface area contributed by atoms with Crippen LogP contribution in [0, 0.1) is 0 Å². The first-order valence-corrected chi connectivity index (χ1v) is 6.93. The molecule has 1 atom stereocenters. The zero-order valence-electron chi connectivity index (χ0n) is 13.2. The molecule has 1 amide bonds. The van der Waals surface area contributed by atoms with Crippen molar-refractivity contribution in [3.8, 4) is 17.2 Å². The molecule has 0 bridgehead atoms. The minimum absolute atomic E-state index is 0.314. The summed E-state index contributed by atoms with van der Waals surface area (Å²) in [5.74, 6) is 1.13. The molecule has 0 saturated heterocycles. The van der Waals surface area contributed by atoms with Crippen LogP contribution in [0.15, 0.2) is 12.1 Å². The highest BCUT2D eigenvalue weighted by Crippen LogP contribution is 2.41. The highest BCUT2D eigenvalue weighted by molar-refractivity contribution is 6.31. The summed E-state index contributed by atoms with van der Waals surface area (Å²) in [6, 6.07) is 3.33. The maximum absolute atomic E-state index is 12.3. The lowest BCUT2D eigenvalue weighted by molar-refractivity contribution is -0.122. The third-order valence-electron chi connectivity index (χ3n) is 2.73. The number of carbonyl (C=O) groups excluding carboxylic acids is 1. The van der Waals surface area contributed by atoms with Crippen molar-refractivity contribution in [3.63, 3.8) is 0 Å². The van der Waals surface area contributed by atoms with Gasteiger partial charge in [-0.3, -0.25) is 4.79 Å². The summed E-state index contributed by atoms with van der Waals surface area (Å²) in [5.41, 5.74) is 0.0983. The lowest BCUT2D eigenvalue weighted by Gasteiger charge is -2.24. The fourth-order valence-corrected chi connectivity index (χ4v) is 2.12. The lowest BCUT2D eigenvalue weighted by atomic mass is 10.0. The van der Waals surface area contributed by atoms with E-state index in [0.717, 1.165) is 0 Å². The average molecular weight is 316 g/mol. The molecule has 0 aliphatic carbocycles. The van der Waals surface area contributed by atoms with Crippen molar-refractivity contribution in [2.24, 2.45) is 0 Å². The number of benzene rings is 1. The van der Waals surface area contributed by atoms with Crippen molar-refractivity contribution in [2.45, 2.75) is 31.7 Å². The molecule has 0 fully saturated rings. The van der Waals surface area contributed by atoms with E-state index in [2.05, 4.69) is 5.32 Å².